The van der Waals surface area contributed by atoms with Gasteiger partial charge in [-0.3, -0.25) is 9.59 Å². The molecule has 1 aromatic heterocycles. The number of nitrogens with zero attached hydrogens (tertiary/aromatic N) is 2. The van der Waals surface area contributed by atoms with Crippen molar-refractivity contribution in [3.05, 3.63) is 11.1 Å². The van der Waals surface area contributed by atoms with Gasteiger partial charge in [0.15, 0.2) is 5.13 Å². The molecule has 2 amide bonds. The van der Waals surface area contributed by atoms with Crippen molar-refractivity contribution in [2.45, 2.75) is 59.4 Å². The Balaban J connectivity index is 2.67. The van der Waals surface area contributed by atoms with Gasteiger partial charge in [-0.2, -0.15) is 0 Å². The van der Waals surface area contributed by atoms with Crippen molar-refractivity contribution in [3.63, 3.8) is 0 Å². The first-order valence-corrected chi connectivity index (χ1v) is 8.14. The molecule has 0 saturated carbocycles. The van der Waals surface area contributed by atoms with Crippen molar-refractivity contribution in [2.75, 3.05) is 11.9 Å². The lowest BCUT2D eigenvalue weighted by Gasteiger charge is -2.35. The van der Waals surface area contributed by atoms with Gasteiger partial charge < -0.3 is 10.2 Å². The first-order valence-electron chi connectivity index (χ1n) is 7.26. The van der Waals surface area contributed by atoms with Crippen molar-refractivity contribution >= 4 is 28.3 Å². The van der Waals surface area contributed by atoms with Crippen LogP contribution in [-0.2, 0) is 9.59 Å². The molecule has 1 rings (SSSR count). The third-order valence-corrected chi connectivity index (χ3v) is 3.90. The van der Waals surface area contributed by atoms with E-state index in [-0.39, 0.29) is 23.9 Å². The molecule has 21 heavy (non-hydrogen) atoms. The number of carbonyl (C=O) groups is 2. The summed E-state index contributed by atoms with van der Waals surface area (Å²) < 4.78 is 0. The number of aromatic nitrogens is 1. The van der Waals surface area contributed by atoms with Crippen molar-refractivity contribution in [1.82, 2.24) is 9.88 Å². The van der Waals surface area contributed by atoms with Crippen LogP contribution in [0.5, 0.6) is 0 Å². The summed E-state index contributed by atoms with van der Waals surface area (Å²) in [6, 6.07) is 0. The largest absolute Gasteiger partial charge is 0.329 e. The summed E-state index contributed by atoms with van der Waals surface area (Å²) >= 11 is 1.39. The Kier molecular flexibility index (Phi) is 6.33. The molecule has 0 aliphatic rings. The number of anilines is 1. The van der Waals surface area contributed by atoms with E-state index in [9.17, 15) is 9.59 Å². The molecule has 0 saturated heterocycles. The maximum absolute atomic E-state index is 12.3. The highest BCUT2D eigenvalue weighted by Crippen LogP contribution is 2.18. The predicted molar refractivity (Wildman–Crippen MR) is 86.5 cm³/mol. The van der Waals surface area contributed by atoms with Gasteiger partial charge >= 0.3 is 0 Å². The second kappa shape index (κ2) is 7.54. The number of nitrogens with one attached hydrogen (secondary N) is 1. The molecule has 0 aliphatic heterocycles. The van der Waals surface area contributed by atoms with Crippen molar-refractivity contribution < 1.29 is 9.59 Å². The number of thiazole rings is 1. The van der Waals surface area contributed by atoms with Gasteiger partial charge in [-0.1, -0.05) is 13.3 Å². The first-order chi connectivity index (χ1) is 9.74. The van der Waals surface area contributed by atoms with E-state index in [1.54, 1.807) is 4.90 Å². The summed E-state index contributed by atoms with van der Waals surface area (Å²) in [4.78, 5) is 30.2. The average Bonchev–Trinajstić information content (AvgIpc) is 2.77. The number of rotatable bonds is 6. The van der Waals surface area contributed by atoms with Gasteiger partial charge in [0.25, 0.3) is 0 Å². The van der Waals surface area contributed by atoms with E-state index in [2.05, 4.69) is 10.3 Å². The molecular weight excluding hydrogens is 286 g/mol. The molecule has 1 aromatic rings. The minimum absolute atomic E-state index is 0.0230. The molecule has 0 aliphatic carbocycles. The normalized spacial score (nSPS) is 11.3. The monoisotopic (exact) mass is 311 g/mol. The summed E-state index contributed by atoms with van der Waals surface area (Å²) in [7, 11) is 0. The van der Waals surface area contributed by atoms with Crippen LogP contribution in [0.2, 0.25) is 0 Å². The van der Waals surface area contributed by atoms with Crippen LogP contribution in [0.25, 0.3) is 0 Å². The molecule has 0 spiro atoms. The summed E-state index contributed by atoms with van der Waals surface area (Å²) in [5.74, 6) is -0.182. The number of unbranched alkanes of at least 4 members (excludes halogenated alkanes) is 1. The molecule has 0 radical (unpaired) electrons. The van der Waals surface area contributed by atoms with Crippen LogP contribution in [0.4, 0.5) is 5.13 Å². The van der Waals surface area contributed by atoms with Crippen molar-refractivity contribution in [3.8, 4) is 0 Å². The Morgan fingerprint density at radius 2 is 2.05 bits per heavy atom. The van der Waals surface area contributed by atoms with E-state index in [4.69, 9.17) is 0 Å². The van der Waals surface area contributed by atoms with Crippen LogP contribution in [0.15, 0.2) is 5.38 Å². The molecule has 5 nitrogen and oxygen atoms in total. The zero-order valence-electron chi connectivity index (χ0n) is 13.5. The Labute approximate surface area is 130 Å². The van der Waals surface area contributed by atoms with E-state index in [0.717, 1.165) is 18.5 Å². The molecule has 118 valence electrons. The fourth-order valence-corrected chi connectivity index (χ4v) is 2.58. The second-order valence-corrected chi connectivity index (χ2v) is 6.95. The summed E-state index contributed by atoms with van der Waals surface area (Å²) in [6.45, 7) is 9.81. The quantitative estimate of drug-likeness (QED) is 0.877. The molecule has 1 heterocycles. The van der Waals surface area contributed by atoms with Gasteiger partial charge in [-0.15, -0.1) is 11.3 Å². The van der Waals surface area contributed by atoms with E-state index >= 15 is 0 Å². The standard InChI is InChI=1S/C15H25N3O2S/c1-6-7-8-13(20)18(15(3,4)5)9-12(19)17-14-16-11(2)10-21-14/h10H,6-9H2,1-5H3,(H,16,17,19). The predicted octanol–water partition coefficient (Wildman–Crippen LogP) is 3.21. The number of amides is 2. The smallest absolute Gasteiger partial charge is 0.245 e. The second-order valence-electron chi connectivity index (χ2n) is 6.10. The highest BCUT2D eigenvalue weighted by Gasteiger charge is 2.28. The van der Waals surface area contributed by atoms with Crippen LogP contribution in [-0.4, -0.2) is 33.8 Å². The highest BCUT2D eigenvalue weighted by atomic mass is 32.1. The summed E-state index contributed by atoms with van der Waals surface area (Å²) in [5, 5.41) is 5.21. The summed E-state index contributed by atoms with van der Waals surface area (Å²) in [6.07, 6.45) is 2.30. The van der Waals surface area contributed by atoms with Crippen LogP contribution in [0.3, 0.4) is 0 Å². The number of carbonyl (C=O) groups excluding carboxylic acids is 2. The zero-order valence-corrected chi connectivity index (χ0v) is 14.3. The minimum Gasteiger partial charge on any atom is -0.329 e. The zero-order chi connectivity index (χ0) is 16.0. The van der Waals surface area contributed by atoms with E-state index in [1.807, 2.05) is 40.0 Å². The summed E-state index contributed by atoms with van der Waals surface area (Å²) in [5.41, 5.74) is 0.503. The van der Waals surface area contributed by atoms with E-state index in [0.29, 0.717) is 11.6 Å². The molecule has 0 atom stereocenters. The van der Waals surface area contributed by atoms with Crippen molar-refractivity contribution in [1.29, 1.82) is 0 Å². The van der Waals surface area contributed by atoms with Gasteiger partial charge in [-0.25, -0.2) is 4.98 Å². The molecule has 1 N–H and O–H groups in total. The van der Waals surface area contributed by atoms with E-state index < -0.39 is 0 Å². The Morgan fingerprint density at radius 3 is 2.52 bits per heavy atom. The minimum atomic E-state index is -0.374. The fourth-order valence-electron chi connectivity index (χ4n) is 1.88. The van der Waals surface area contributed by atoms with Gasteiger partial charge in [0.05, 0.1) is 5.69 Å². The Hall–Kier alpha value is -1.43. The lowest BCUT2D eigenvalue weighted by molar-refractivity contribution is -0.139. The van der Waals surface area contributed by atoms with Crippen LogP contribution in [0, 0.1) is 6.92 Å². The number of hydrogen-bond acceptors (Lipinski definition) is 4. The third-order valence-electron chi connectivity index (χ3n) is 3.02. The van der Waals surface area contributed by atoms with Crippen LogP contribution < -0.4 is 5.32 Å². The number of aryl methyl sites for hydroxylation is 1. The maximum atomic E-state index is 12.3. The molecule has 0 unspecified atom stereocenters. The lowest BCUT2D eigenvalue weighted by Crippen LogP contribution is -2.49. The highest BCUT2D eigenvalue weighted by molar-refractivity contribution is 7.13. The molecule has 0 fully saturated rings. The van der Waals surface area contributed by atoms with E-state index in [1.165, 1.54) is 11.3 Å². The third kappa shape index (κ3) is 5.83. The number of hydrogen-bond donors (Lipinski definition) is 1. The van der Waals surface area contributed by atoms with Crippen LogP contribution >= 0.6 is 11.3 Å². The molecule has 0 bridgehead atoms. The Bertz CT molecular complexity index is 491. The maximum Gasteiger partial charge on any atom is 0.245 e. The average molecular weight is 311 g/mol. The lowest BCUT2D eigenvalue weighted by atomic mass is 10.0. The first kappa shape index (κ1) is 17.6. The van der Waals surface area contributed by atoms with Crippen LogP contribution in [0.1, 0.15) is 52.7 Å². The van der Waals surface area contributed by atoms with Gasteiger partial charge in [-0.05, 0) is 34.1 Å². The molecule has 6 heteroatoms. The van der Waals surface area contributed by atoms with Gasteiger partial charge in [0.1, 0.15) is 6.54 Å². The SMILES string of the molecule is CCCCC(=O)N(CC(=O)Nc1nc(C)cs1)C(C)(C)C. The molecular formula is C15H25N3O2S. The van der Waals surface area contributed by atoms with Crippen molar-refractivity contribution in [2.24, 2.45) is 0 Å². The van der Waals surface area contributed by atoms with Gasteiger partial charge in [0.2, 0.25) is 11.8 Å². The fraction of sp³-hybridized carbons (Fsp3) is 0.667. The molecule has 0 aromatic carbocycles. The topological polar surface area (TPSA) is 62.3 Å². The van der Waals surface area contributed by atoms with Gasteiger partial charge in [0, 0.05) is 17.3 Å². The Morgan fingerprint density at radius 1 is 1.38 bits per heavy atom.